The molecule has 152 valence electrons. The number of rotatable bonds is 6. The van der Waals surface area contributed by atoms with Gasteiger partial charge in [-0.05, 0) is 56.0 Å². The number of halogens is 1. The molecule has 7 heteroatoms. The van der Waals surface area contributed by atoms with E-state index in [9.17, 15) is 0 Å². The Hall–Kier alpha value is -3.12. The van der Waals surface area contributed by atoms with Crippen LogP contribution in [0.25, 0.3) is 28.5 Å². The first-order valence-corrected chi connectivity index (χ1v) is 10.4. The van der Waals surface area contributed by atoms with Crippen LogP contribution in [0.4, 0.5) is 0 Å². The number of methoxy groups -OCH3 is 1. The van der Waals surface area contributed by atoms with Gasteiger partial charge in [0, 0.05) is 23.9 Å². The lowest BCUT2D eigenvalue weighted by atomic mass is 10.1. The summed E-state index contributed by atoms with van der Waals surface area (Å²) in [6, 6.07) is 13.8. The maximum Gasteiger partial charge on any atom is 0.181 e. The zero-order chi connectivity index (χ0) is 20.7. The lowest BCUT2D eigenvalue weighted by Gasteiger charge is -2.10. The van der Waals surface area contributed by atoms with Crippen LogP contribution in [0.3, 0.4) is 0 Å². The van der Waals surface area contributed by atoms with Crippen molar-refractivity contribution in [3.63, 3.8) is 0 Å². The summed E-state index contributed by atoms with van der Waals surface area (Å²) in [7, 11) is 1.67. The predicted molar refractivity (Wildman–Crippen MR) is 117 cm³/mol. The molecule has 5 rings (SSSR count). The van der Waals surface area contributed by atoms with E-state index in [0.717, 1.165) is 40.6 Å². The van der Waals surface area contributed by atoms with Gasteiger partial charge >= 0.3 is 0 Å². The van der Waals surface area contributed by atoms with Gasteiger partial charge in [-0.2, -0.15) is 5.10 Å². The zero-order valence-electron chi connectivity index (χ0n) is 16.9. The van der Waals surface area contributed by atoms with Gasteiger partial charge in [0.1, 0.15) is 5.75 Å². The number of ether oxygens (including phenoxy) is 1. The third kappa shape index (κ3) is 3.59. The minimum Gasteiger partial charge on any atom is -0.495 e. The van der Waals surface area contributed by atoms with Crippen LogP contribution in [0.1, 0.15) is 18.5 Å². The quantitative estimate of drug-likeness (QED) is 0.432. The highest BCUT2D eigenvalue weighted by Gasteiger charge is 2.25. The van der Waals surface area contributed by atoms with Gasteiger partial charge in [0.15, 0.2) is 11.6 Å². The molecule has 0 amide bonds. The largest absolute Gasteiger partial charge is 0.495 e. The molecule has 30 heavy (non-hydrogen) atoms. The minimum absolute atomic E-state index is 0.664. The molecule has 1 saturated carbocycles. The fraction of sp³-hybridized carbons (Fsp3) is 0.261. The van der Waals surface area contributed by atoms with E-state index in [0.29, 0.717) is 16.8 Å². The highest BCUT2D eigenvalue weighted by atomic mass is 35.5. The summed E-state index contributed by atoms with van der Waals surface area (Å²) in [5, 5.41) is 5.51. The van der Waals surface area contributed by atoms with E-state index in [-0.39, 0.29) is 0 Å². The average molecular weight is 420 g/mol. The van der Waals surface area contributed by atoms with Crippen molar-refractivity contribution < 1.29 is 4.74 Å². The zero-order valence-corrected chi connectivity index (χ0v) is 17.7. The molecule has 0 radical (unpaired) electrons. The van der Waals surface area contributed by atoms with Crippen molar-refractivity contribution >= 4 is 11.6 Å². The average Bonchev–Trinajstić information content (AvgIpc) is 3.31. The number of hydrogen-bond acceptors (Lipinski definition) is 4. The maximum atomic E-state index is 6.47. The Balaban J connectivity index is 1.57. The van der Waals surface area contributed by atoms with Gasteiger partial charge in [-0.15, -0.1) is 0 Å². The summed E-state index contributed by atoms with van der Waals surface area (Å²) >= 11 is 6.47. The molecule has 4 aromatic rings. The van der Waals surface area contributed by atoms with Crippen LogP contribution in [0.15, 0.2) is 55.0 Å². The lowest BCUT2D eigenvalue weighted by molar-refractivity contribution is 0.413. The molecule has 1 fully saturated rings. The fourth-order valence-corrected chi connectivity index (χ4v) is 3.78. The molecule has 0 saturated heterocycles. The first-order chi connectivity index (χ1) is 14.6. The van der Waals surface area contributed by atoms with Gasteiger partial charge in [0.25, 0.3) is 0 Å². The summed E-state index contributed by atoms with van der Waals surface area (Å²) in [5.74, 6) is 2.87. The van der Waals surface area contributed by atoms with Crippen molar-refractivity contribution in [2.24, 2.45) is 5.92 Å². The Bertz CT molecular complexity index is 1210. The second kappa shape index (κ2) is 7.61. The van der Waals surface area contributed by atoms with Gasteiger partial charge in [-0.1, -0.05) is 23.7 Å². The van der Waals surface area contributed by atoms with Gasteiger partial charge < -0.3 is 9.30 Å². The van der Waals surface area contributed by atoms with Crippen LogP contribution in [0.5, 0.6) is 5.75 Å². The highest BCUT2D eigenvalue weighted by molar-refractivity contribution is 6.33. The number of hydrogen-bond donors (Lipinski definition) is 0. The number of aromatic nitrogens is 5. The molecule has 0 spiro atoms. The Kier molecular flexibility index (Phi) is 4.79. The molecule has 6 nitrogen and oxygen atoms in total. The van der Waals surface area contributed by atoms with Gasteiger partial charge in [0.05, 0.1) is 29.8 Å². The van der Waals surface area contributed by atoms with Crippen LogP contribution >= 0.6 is 11.6 Å². The summed E-state index contributed by atoms with van der Waals surface area (Å²) in [6.45, 7) is 2.82. The third-order valence-corrected chi connectivity index (χ3v) is 5.67. The van der Waals surface area contributed by atoms with E-state index < -0.39 is 0 Å². The second-order valence-electron chi connectivity index (χ2n) is 7.67. The van der Waals surface area contributed by atoms with E-state index in [4.69, 9.17) is 26.4 Å². The molecule has 1 aliphatic rings. The highest BCUT2D eigenvalue weighted by Crippen LogP contribution is 2.35. The molecule has 1 aliphatic carbocycles. The van der Waals surface area contributed by atoms with E-state index in [1.54, 1.807) is 13.4 Å². The number of imidazole rings is 1. The van der Waals surface area contributed by atoms with Crippen molar-refractivity contribution in [3.8, 4) is 34.2 Å². The van der Waals surface area contributed by atoms with Crippen molar-refractivity contribution in [3.05, 3.63) is 65.7 Å². The molecule has 0 bridgehead atoms. The molecule has 0 unspecified atom stereocenters. The molecule has 0 N–H and O–H groups in total. The summed E-state index contributed by atoms with van der Waals surface area (Å²) < 4.78 is 9.60. The Labute approximate surface area is 180 Å². The molecule has 2 aromatic carbocycles. The topological polar surface area (TPSA) is 57.8 Å². The number of nitrogens with zero attached hydrogens (tertiary/aromatic N) is 5. The number of benzene rings is 2. The van der Waals surface area contributed by atoms with Crippen LogP contribution in [-0.2, 0) is 6.54 Å². The smallest absolute Gasteiger partial charge is 0.181 e. The van der Waals surface area contributed by atoms with Crippen molar-refractivity contribution in [2.75, 3.05) is 7.11 Å². The maximum absolute atomic E-state index is 6.47. The van der Waals surface area contributed by atoms with Gasteiger partial charge in [-0.25, -0.2) is 14.6 Å². The van der Waals surface area contributed by atoms with Crippen molar-refractivity contribution in [1.82, 2.24) is 24.3 Å². The van der Waals surface area contributed by atoms with E-state index in [1.165, 1.54) is 12.8 Å². The number of aryl methyl sites for hydroxylation is 1. The van der Waals surface area contributed by atoms with Crippen LogP contribution in [-0.4, -0.2) is 31.4 Å². The molecule has 0 aliphatic heterocycles. The molecule has 2 heterocycles. The summed E-state index contributed by atoms with van der Waals surface area (Å²) in [6.07, 6.45) is 6.23. The normalized spacial score (nSPS) is 13.6. The van der Waals surface area contributed by atoms with E-state index in [2.05, 4.69) is 4.98 Å². The van der Waals surface area contributed by atoms with E-state index >= 15 is 0 Å². The van der Waals surface area contributed by atoms with Crippen LogP contribution < -0.4 is 4.74 Å². The summed E-state index contributed by atoms with van der Waals surface area (Å²) in [4.78, 5) is 9.17. The van der Waals surface area contributed by atoms with Crippen LogP contribution in [0.2, 0.25) is 5.02 Å². The Morgan fingerprint density at radius 3 is 2.70 bits per heavy atom. The van der Waals surface area contributed by atoms with Crippen molar-refractivity contribution in [2.45, 2.75) is 26.3 Å². The minimum atomic E-state index is 0.664. The monoisotopic (exact) mass is 419 g/mol. The van der Waals surface area contributed by atoms with Gasteiger partial charge in [0.2, 0.25) is 0 Å². The Morgan fingerprint density at radius 1 is 1.17 bits per heavy atom. The molecule has 2 aromatic heterocycles. The standard InChI is InChI=1S/C23H22ClN5O/c1-15-12-28(14-25-15)20-10-9-17(11-21(20)30-2)22-26-23(18-5-3-4-6-19(18)24)29(27-22)13-16-7-8-16/h3-6,9-12,14,16H,7-8,13H2,1-2H3. The van der Waals surface area contributed by atoms with Crippen molar-refractivity contribution in [1.29, 1.82) is 0 Å². The second-order valence-corrected chi connectivity index (χ2v) is 8.08. The summed E-state index contributed by atoms with van der Waals surface area (Å²) in [5.41, 5.74) is 3.67. The molecule has 0 atom stereocenters. The molecular formula is C23H22ClN5O. The first-order valence-electron chi connectivity index (χ1n) is 10.0. The lowest BCUT2D eigenvalue weighted by Crippen LogP contribution is -2.04. The fourth-order valence-electron chi connectivity index (χ4n) is 3.56. The molecular weight excluding hydrogens is 398 g/mol. The van der Waals surface area contributed by atoms with Crippen LogP contribution in [0, 0.1) is 12.8 Å². The predicted octanol–water partition coefficient (Wildman–Crippen LogP) is 5.18. The van der Waals surface area contributed by atoms with Gasteiger partial charge in [-0.3, -0.25) is 0 Å². The SMILES string of the molecule is COc1cc(-c2nc(-c3ccccc3Cl)n(CC3CC3)n2)ccc1-n1cnc(C)c1. The first kappa shape index (κ1) is 18.9. The third-order valence-electron chi connectivity index (χ3n) is 5.34. The Morgan fingerprint density at radius 2 is 2.00 bits per heavy atom. The van der Waals surface area contributed by atoms with E-state index in [1.807, 2.05) is 64.8 Å².